The van der Waals surface area contributed by atoms with Gasteiger partial charge in [0.05, 0.1) is 11.4 Å². The average Bonchev–Trinajstić information content (AvgIpc) is 2.65. The lowest BCUT2D eigenvalue weighted by Crippen LogP contribution is -2.05. The molecule has 3 heteroatoms. The fourth-order valence-electron chi connectivity index (χ4n) is 0.979. The van der Waals surface area contributed by atoms with Gasteiger partial charge in [-0.25, -0.2) is 4.68 Å². The minimum Gasteiger partial charge on any atom is -0.252 e. The lowest BCUT2D eigenvalue weighted by atomic mass is 10.3. The minimum absolute atomic E-state index is 0.682. The highest BCUT2D eigenvalue weighted by Gasteiger charge is 2.02. The van der Waals surface area contributed by atoms with Crippen LogP contribution in [0.2, 0.25) is 0 Å². The normalized spacial score (nSPS) is 11.1. The van der Waals surface area contributed by atoms with Gasteiger partial charge in [0.2, 0.25) is 0 Å². The molecule has 0 aliphatic carbocycles. The third-order valence-electron chi connectivity index (χ3n) is 1.58. The molecule has 0 fully saturated rings. The molecule has 0 bridgehead atoms. The fraction of sp³-hybridized carbons (Fsp3) is 0.0909. The predicted octanol–water partition coefficient (Wildman–Crippen LogP) is 2.51. The van der Waals surface area contributed by atoms with Gasteiger partial charge in [0.15, 0.2) is 0 Å². The van der Waals surface area contributed by atoms with Crippen LogP contribution in [-0.4, -0.2) is 15.5 Å². The molecule has 72 valence electrons. The largest absolute Gasteiger partial charge is 0.252 e. The molecular weight excluding hydrogens is 174 g/mol. The zero-order chi connectivity index (χ0) is 10.6. The molecule has 1 rings (SSSR count). The Kier molecular flexibility index (Phi) is 3.18. The molecule has 0 amide bonds. The molecule has 0 saturated heterocycles. The van der Waals surface area contributed by atoms with E-state index >= 15 is 0 Å². The highest BCUT2D eigenvalue weighted by molar-refractivity contribution is 6.23. The van der Waals surface area contributed by atoms with Crippen molar-refractivity contribution in [2.24, 2.45) is 4.99 Å². The van der Waals surface area contributed by atoms with Crippen molar-refractivity contribution in [2.75, 3.05) is 0 Å². The van der Waals surface area contributed by atoms with Crippen LogP contribution in [-0.2, 0) is 0 Å². The third-order valence-corrected chi connectivity index (χ3v) is 1.58. The van der Waals surface area contributed by atoms with E-state index in [-0.39, 0.29) is 0 Å². The van der Waals surface area contributed by atoms with Crippen LogP contribution in [0.4, 0.5) is 0 Å². The van der Waals surface area contributed by atoms with Crippen LogP contribution in [0.15, 0.2) is 55.0 Å². The first-order chi connectivity index (χ1) is 6.65. The zero-order valence-corrected chi connectivity index (χ0v) is 8.27. The van der Waals surface area contributed by atoms with E-state index < -0.39 is 0 Å². The molecule has 0 aliphatic heterocycles. The second-order valence-electron chi connectivity index (χ2n) is 2.83. The molecule has 0 radical (unpaired) electrons. The second-order valence-corrected chi connectivity index (χ2v) is 2.83. The Morgan fingerprint density at radius 3 is 2.64 bits per heavy atom. The fourth-order valence-corrected chi connectivity index (χ4v) is 0.979. The van der Waals surface area contributed by atoms with Gasteiger partial charge in [-0.05, 0) is 19.1 Å². The predicted molar refractivity (Wildman–Crippen MR) is 60.0 cm³/mol. The van der Waals surface area contributed by atoms with Gasteiger partial charge in [0.1, 0.15) is 0 Å². The molecule has 1 aromatic heterocycles. The Labute approximate surface area is 83.8 Å². The van der Waals surface area contributed by atoms with Gasteiger partial charge >= 0.3 is 0 Å². The Morgan fingerprint density at radius 2 is 2.21 bits per heavy atom. The van der Waals surface area contributed by atoms with E-state index in [2.05, 4.69) is 29.8 Å². The molecular formula is C11H13N3. The van der Waals surface area contributed by atoms with Crippen molar-refractivity contribution >= 4 is 11.4 Å². The first-order valence-corrected chi connectivity index (χ1v) is 4.21. The van der Waals surface area contributed by atoms with E-state index in [4.69, 9.17) is 0 Å². The summed E-state index contributed by atoms with van der Waals surface area (Å²) >= 11 is 0. The Bertz CT molecular complexity index is 383. The SMILES string of the molecule is C=CC(=NC(=C)C)C(=C)n1cccn1. The van der Waals surface area contributed by atoms with Crippen molar-refractivity contribution < 1.29 is 0 Å². The van der Waals surface area contributed by atoms with E-state index in [9.17, 15) is 0 Å². The van der Waals surface area contributed by atoms with Crippen LogP contribution in [0, 0.1) is 0 Å². The van der Waals surface area contributed by atoms with Crippen molar-refractivity contribution in [3.05, 3.63) is 50.0 Å². The first-order valence-electron chi connectivity index (χ1n) is 4.21. The standard InChI is InChI=1S/C11H13N3/c1-5-11(13-9(2)3)10(4)14-8-6-7-12-14/h5-8H,1-2,4H2,3H3. The van der Waals surface area contributed by atoms with E-state index in [0.717, 1.165) is 0 Å². The number of hydrogen-bond acceptors (Lipinski definition) is 2. The average molecular weight is 187 g/mol. The smallest absolute Gasteiger partial charge is 0.0877 e. The first kappa shape index (κ1) is 10.2. The number of aliphatic imine (C=N–C) groups is 1. The van der Waals surface area contributed by atoms with Gasteiger partial charge in [-0.3, -0.25) is 4.99 Å². The molecule has 0 aromatic carbocycles. The number of rotatable bonds is 4. The Morgan fingerprint density at radius 1 is 1.50 bits per heavy atom. The second kappa shape index (κ2) is 4.37. The van der Waals surface area contributed by atoms with E-state index in [1.807, 2.05) is 13.0 Å². The summed E-state index contributed by atoms with van der Waals surface area (Å²) in [7, 11) is 0. The van der Waals surface area contributed by atoms with Crippen molar-refractivity contribution in [2.45, 2.75) is 6.92 Å². The Balaban J connectivity index is 2.98. The van der Waals surface area contributed by atoms with Crippen molar-refractivity contribution in [3.8, 4) is 0 Å². The summed E-state index contributed by atoms with van der Waals surface area (Å²) in [5.41, 5.74) is 2.09. The van der Waals surface area contributed by atoms with Crippen molar-refractivity contribution in [3.63, 3.8) is 0 Å². The molecule has 14 heavy (non-hydrogen) atoms. The van der Waals surface area contributed by atoms with Crippen LogP contribution in [0.1, 0.15) is 6.92 Å². The maximum atomic E-state index is 4.20. The molecule has 0 spiro atoms. The molecule has 0 unspecified atom stereocenters. The molecule has 0 saturated carbocycles. The molecule has 3 nitrogen and oxygen atoms in total. The highest BCUT2D eigenvalue weighted by Crippen LogP contribution is 2.06. The number of aromatic nitrogens is 2. The summed E-state index contributed by atoms with van der Waals surface area (Å²) in [6.07, 6.45) is 5.13. The number of hydrogen-bond donors (Lipinski definition) is 0. The Hall–Kier alpha value is -1.90. The van der Waals surface area contributed by atoms with Gasteiger partial charge in [-0.1, -0.05) is 19.7 Å². The van der Waals surface area contributed by atoms with E-state index in [1.165, 1.54) is 0 Å². The van der Waals surface area contributed by atoms with Gasteiger partial charge < -0.3 is 0 Å². The lowest BCUT2D eigenvalue weighted by Gasteiger charge is -2.05. The third kappa shape index (κ3) is 2.29. The van der Waals surface area contributed by atoms with Crippen LogP contribution >= 0.6 is 0 Å². The van der Waals surface area contributed by atoms with Gasteiger partial charge in [-0.2, -0.15) is 5.10 Å². The summed E-state index contributed by atoms with van der Waals surface area (Å²) in [6.45, 7) is 13.1. The number of nitrogens with zero attached hydrogens (tertiary/aromatic N) is 3. The quantitative estimate of drug-likeness (QED) is 0.666. The summed E-state index contributed by atoms with van der Waals surface area (Å²) in [5, 5.41) is 4.05. The molecule has 0 aliphatic rings. The lowest BCUT2D eigenvalue weighted by molar-refractivity contribution is 0.919. The molecule has 1 heterocycles. The van der Waals surface area contributed by atoms with Crippen molar-refractivity contribution in [1.29, 1.82) is 0 Å². The summed E-state index contributed by atoms with van der Waals surface area (Å²) in [5.74, 6) is 0. The topological polar surface area (TPSA) is 30.2 Å². The maximum absolute atomic E-state index is 4.20. The summed E-state index contributed by atoms with van der Waals surface area (Å²) < 4.78 is 1.64. The highest BCUT2D eigenvalue weighted by atomic mass is 15.3. The van der Waals surface area contributed by atoms with Crippen LogP contribution in [0.5, 0.6) is 0 Å². The van der Waals surface area contributed by atoms with Gasteiger partial charge in [0, 0.05) is 18.1 Å². The maximum Gasteiger partial charge on any atom is 0.0877 e. The van der Waals surface area contributed by atoms with E-state index in [0.29, 0.717) is 17.1 Å². The molecule has 0 N–H and O–H groups in total. The summed E-state index contributed by atoms with van der Waals surface area (Å²) in [4.78, 5) is 4.20. The zero-order valence-electron chi connectivity index (χ0n) is 8.27. The van der Waals surface area contributed by atoms with E-state index in [1.54, 1.807) is 23.2 Å². The molecule has 0 atom stereocenters. The monoisotopic (exact) mass is 187 g/mol. The molecule has 1 aromatic rings. The minimum atomic E-state index is 0.682. The van der Waals surface area contributed by atoms with Gasteiger partial charge in [0.25, 0.3) is 0 Å². The number of allylic oxidation sites excluding steroid dienone is 3. The van der Waals surface area contributed by atoms with Crippen LogP contribution < -0.4 is 0 Å². The van der Waals surface area contributed by atoms with Crippen LogP contribution in [0.25, 0.3) is 5.70 Å². The van der Waals surface area contributed by atoms with Gasteiger partial charge in [-0.15, -0.1) is 0 Å². The van der Waals surface area contributed by atoms with Crippen molar-refractivity contribution in [1.82, 2.24) is 9.78 Å². The summed E-state index contributed by atoms with van der Waals surface area (Å²) in [6, 6.07) is 1.83. The van der Waals surface area contributed by atoms with Crippen LogP contribution in [0.3, 0.4) is 0 Å².